The minimum absolute atomic E-state index is 0.333. The van der Waals surface area contributed by atoms with Gasteiger partial charge in [-0.05, 0) is 54.6 Å². The monoisotopic (exact) mass is 263 g/mol. The third-order valence-corrected chi connectivity index (χ3v) is 5.18. The molecule has 2 heterocycles. The van der Waals surface area contributed by atoms with Crippen LogP contribution in [-0.2, 0) is 11.3 Å². The summed E-state index contributed by atoms with van der Waals surface area (Å²) in [6.07, 6.45) is 6.81. The largest absolute Gasteiger partial charge is 0.299 e. The molecule has 1 saturated carbocycles. The van der Waals surface area contributed by atoms with Crippen molar-refractivity contribution in [3.63, 3.8) is 0 Å². The van der Waals surface area contributed by atoms with Crippen LogP contribution in [-0.4, -0.2) is 23.3 Å². The van der Waals surface area contributed by atoms with Crippen molar-refractivity contribution in [3.05, 3.63) is 22.4 Å². The van der Waals surface area contributed by atoms with E-state index in [4.69, 9.17) is 0 Å². The summed E-state index contributed by atoms with van der Waals surface area (Å²) in [7, 11) is 0. The molecule has 0 bridgehead atoms. The van der Waals surface area contributed by atoms with Gasteiger partial charge >= 0.3 is 0 Å². The van der Waals surface area contributed by atoms with Gasteiger partial charge in [0.15, 0.2) is 0 Å². The number of carbonyl (C=O) groups is 1. The minimum atomic E-state index is 0.333. The third kappa shape index (κ3) is 2.52. The number of carbonyl (C=O) groups excluding carboxylic acids is 1. The number of hydrogen-bond donors (Lipinski definition) is 0. The van der Waals surface area contributed by atoms with E-state index in [-0.39, 0.29) is 0 Å². The van der Waals surface area contributed by atoms with Gasteiger partial charge in [-0.25, -0.2) is 0 Å². The Morgan fingerprint density at radius 3 is 3.00 bits per heavy atom. The molecule has 0 aromatic carbocycles. The lowest BCUT2D eigenvalue weighted by molar-refractivity contribution is -0.126. The summed E-state index contributed by atoms with van der Waals surface area (Å²) in [4.78, 5) is 14.7. The molecule has 2 fully saturated rings. The number of rotatable bonds is 3. The van der Waals surface area contributed by atoms with Gasteiger partial charge in [0.05, 0.1) is 0 Å². The van der Waals surface area contributed by atoms with Crippen LogP contribution in [0.25, 0.3) is 0 Å². The molecular formula is C15H21NOS. The van der Waals surface area contributed by atoms with Crippen LogP contribution in [0, 0.1) is 5.92 Å². The topological polar surface area (TPSA) is 20.3 Å². The molecule has 1 aliphatic heterocycles. The van der Waals surface area contributed by atoms with E-state index in [1.165, 1.54) is 31.4 Å². The van der Waals surface area contributed by atoms with Gasteiger partial charge in [0, 0.05) is 24.9 Å². The van der Waals surface area contributed by atoms with Gasteiger partial charge in [-0.1, -0.05) is 6.42 Å². The van der Waals surface area contributed by atoms with Crippen LogP contribution in [0.2, 0.25) is 0 Å². The molecule has 1 aromatic heterocycles. The zero-order chi connectivity index (χ0) is 12.4. The summed E-state index contributed by atoms with van der Waals surface area (Å²) in [6.45, 7) is 2.21. The van der Waals surface area contributed by atoms with Crippen LogP contribution in [0.1, 0.15) is 44.1 Å². The van der Waals surface area contributed by atoms with Crippen LogP contribution >= 0.6 is 11.3 Å². The quantitative estimate of drug-likeness (QED) is 0.832. The standard InChI is InChI=1S/C15H21NOS/c17-15-6-2-1-4-13(15)14-5-3-8-16(14)10-12-7-9-18-11-12/h7,9,11,13-14H,1-6,8,10H2. The number of thiophene rings is 1. The molecule has 18 heavy (non-hydrogen) atoms. The van der Waals surface area contributed by atoms with E-state index in [1.54, 1.807) is 11.3 Å². The summed E-state index contributed by atoms with van der Waals surface area (Å²) >= 11 is 1.77. The molecule has 98 valence electrons. The van der Waals surface area contributed by atoms with Crippen molar-refractivity contribution < 1.29 is 4.79 Å². The first-order chi connectivity index (χ1) is 8.84. The van der Waals surface area contributed by atoms with E-state index in [0.717, 1.165) is 25.8 Å². The predicted molar refractivity (Wildman–Crippen MR) is 74.7 cm³/mol. The fourth-order valence-electron chi connectivity index (χ4n) is 3.54. The maximum absolute atomic E-state index is 12.1. The summed E-state index contributed by atoms with van der Waals surface area (Å²) < 4.78 is 0. The maximum atomic E-state index is 12.1. The van der Waals surface area contributed by atoms with Crippen LogP contribution in [0.15, 0.2) is 16.8 Å². The van der Waals surface area contributed by atoms with Crippen molar-refractivity contribution in [3.8, 4) is 0 Å². The van der Waals surface area contributed by atoms with Crippen molar-refractivity contribution in [1.82, 2.24) is 4.90 Å². The van der Waals surface area contributed by atoms with Crippen LogP contribution in [0.5, 0.6) is 0 Å². The molecule has 3 heteroatoms. The summed E-state index contributed by atoms with van der Waals surface area (Å²) in [5, 5.41) is 4.38. The molecular weight excluding hydrogens is 242 g/mol. The molecule has 1 saturated heterocycles. The molecule has 0 radical (unpaired) electrons. The second-order valence-corrected chi connectivity index (χ2v) is 6.41. The Bertz CT molecular complexity index is 401. The summed E-state index contributed by atoms with van der Waals surface area (Å²) in [5.74, 6) is 0.864. The Kier molecular flexibility index (Phi) is 3.80. The Morgan fingerprint density at radius 2 is 2.22 bits per heavy atom. The Labute approximate surface area is 113 Å². The van der Waals surface area contributed by atoms with E-state index in [0.29, 0.717) is 17.7 Å². The number of ketones is 1. The highest BCUT2D eigenvalue weighted by Gasteiger charge is 2.36. The van der Waals surface area contributed by atoms with E-state index in [9.17, 15) is 4.79 Å². The fraction of sp³-hybridized carbons (Fsp3) is 0.667. The number of hydrogen-bond acceptors (Lipinski definition) is 3. The van der Waals surface area contributed by atoms with Crippen LogP contribution < -0.4 is 0 Å². The Balaban J connectivity index is 1.68. The fourth-order valence-corrected chi connectivity index (χ4v) is 4.20. The highest BCUT2D eigenvalue weighted by atomic mass is 32.1. The van der Waals surface area contributed by atoms with Crippen molar-refractivity contribution in [2.45, 2.75) is 51.1 Å². The Morgan fingerprint density at radius 1 is 1.28 bits per heavy atom. The maximum Gasteiger partial charge on any atom is 0.137 e. The molecule has 1 aromatic rings. The van der Waals surface area contributed by atoms with Crippen LogP contribution in [0.3, 0.4) is 0 Å². The highest BCUT2D eigenvalue weighted by Crippen LogP contribution is 2.33. The molecule has 2 atom stereocenters. The molecule has 2 aliphatic rings. The SMILES string of the molecule is O=C1CCCCC1C1CCCN1Cc1ccsc1. The van der Waals surface area contributed by atoms with Gasteiger partial charge in [0.2, 0.25) is 0 Å². The molecule has 3 rings (SSSR count). The van der Waals surface area contributed by atoms with Crippen molar-refractivity contribution in [2.24, 2.45) is 5.92 Å². The number of Topliss-reactive ketones (excluding diaryl/α,β-unsaturated/α-hetero) is 1. The first-order valence-electron chi connectivity index (χ1n) is 7.12. The highest BCUT2D eigenvalue weighted by molar-refractivity contribution is 7.07. The molecule has 0 spiro atoms. The Hall–Kier alpha value is -0.670. The lowest BCUT2D eigenvalue weighted by atomic mass is 9.82. The second kappa shape index (κ2) is 5.54. The normalized spacial score (nSPS) is 29.9. The van der Waals surface area contributed by atoms with E-state index in [2.05, 4.69) is 21.7 Å². The van der Waals surface area contributed by atoms with E-state index >= 15 is 0 Å². The van der Waals surface area contributed by atoms with Gasteiger partial charge in [-0.3, -0.25) is 9.69 Å². The summed E-state index contributed by atoms with van der Waals surface area (Å²) in [6, 6.07) is 2.74. The van der Waals surface area contributed by atoms with Crippen molar-refractivity contribution in [1.29, 1.82) is 0 Å². The zero-order valence-electron chi connectivity index (χ0n) is 10.8. The average molecular weight is 263 g/mol. The van der Waals surface area contributed by atoms with Gasteiger partial charge in [-0.15, -0.1) is 0 Å². The molecule has 0 N–H and O–H groups in total. The van der Waals surface area contributed by atoms with Gasteiger partial charge < -0.3 is 0 Å². The summed E-state index contributed by atoms with van der Waals surface area (Å²) in [5.41, 5.74) is 1.41. The average Bonchev–Trinajstić information content (AvgIpc) is 3.02. The first-order valence-corrected chi connectivity index (χ1v) is 8.07. The van der Waals surface area contributed by atoms with Crippen molar-refractivity contribution >= 4 is 17.1 Å². The van der Waals surface area contributed by atoms with Gasteiger partial charge in [-0.2, -0.15) is 11.3 Å². The lowest BCUT2D eigenvalue weighted by Gasteiger charge is -2.32. The molecule has 0 amide bonds. The van der Waals surface area contributed by atoms with Crippen LogP contribution in [0.4, 0.5) is 0 Å². The zero-order valence-corrected chi connectivity index (χ0v) is 11.6. The number of likely N-dealkylation sites (tertiary alicyclic amines) is 1. The molecule has 1 aliphatic carbocycles. The molecule has 2 nitrogen and oxygen atoms in total. The first kappa shape index (κ1) is 12.4. The minimum Gasteiger partial charge on any atom is -0.299 e. The molecule has 2 unspecified atom stereocenters. The lowest BCUT2D eigenvalue weighted by Crippen LogP contribution is -2.40. The third-order valence-electron chi connectivity index (χ3n) is 4.45. The smallest absolute Gasteiger partial charge is 0.137 e. The predicted octanol–water partition coefficient (Wildman–Crippen LogP) is 3.47. The van der Waals surface area contributed by atoms with Gasteiger partial charge in [0.25, 0.3) is 0 Å². The number of nitrogens with zero attached hydrogens (tertiary/aromatic N) is 1. The van der Waals surface area contributed by atoms with E-state index < -0.39 is 0 Å². The second-order valence-electron chi connectivity index (χ2n) is 5.63. The van der Waals surface area contributed by atoms with E-state index in [1.807, 2.05) is 0 Å². The van der Waals surface area contributed by atoms with Gasteiger partial charge in [0.1, 0.15) is 5.78 Å². The van der Waals surface area contributed by atoms with Crippen molar-refractivity contribution in [2.75, 3.05) is 6.54 Å².